The molecule has 1 aromatic rings. The number of ether oxygens (including phenoxy) is 1. The highest BCUT2D eigenvalue weighted by Gasteiger charge is 2.61. The zero-order valence-corrected chi connectivity index (χ0v) is 25.5. The molecule has 2 fully saturated rings. The van der Waals surface area contributed by atoms with Crippen LogP contribution in [0.5, 0.6) is 0 Å². The van der Waals surface area contributed by atoms with E-state index in [-0.39, 0.29) is 18.5 Å². The topological polar surface area (TPSA) is 134 Å². The van der Waals surface area contributed by atoms with Crippen molar-refractivity contribution in [1.29, 1.82) is 0 Å². The molecular weight excluding hydrogens is 562 g/mol. The van der Waals surface area contributed by atoms with E-state index in [9.17, 15) is 32.8 Å². The minimum atomic E-state index is -3.10. The summed E-state index contributed by atoms with van der Waals surface area (Å²) in [5, 5.41) is 7.60. The second-order valence-corrected chi connectivity index (χ2v) is 11.8. The Labute approximate surface area is 251 Å². The van der Waals surface area contributed by atoms with Crippen molar-refractivity contribution in [1.82, 2.24) is 20.9 Å². The maximum Gasteiger partial charge on any atom is 0.408 e. The number of amides is 4. The quantitative estimate of drug-likeness (QED) is 0.259. The summed E-state index contributed by atoms with van der Waals surface area (Å²) >= 11 is 0. The van der Waals surface area contributed by atoms with Gasteiger partial charge in [-0.3, -0.25) is 19.2 Å². The fourth-order valence-electron chi connectivity index (χ4n) is 5.71. The van der Waals surface area contributed by atoms with Crippen molar-refractivity contribution in [2.75, 3.05) is 6.54 Å². The molecule has 3 N–H and O–H groups in total. The molecule has 5 atom stereocenters. The zero-order chi connectivity index (χ0) is 32.1. The van der Waals surface area contributed by atoms with Crippen molar-refractivity contribution in [2.45, 2.75) is 91.0 Å². The molecule has 0 bridgehead atoms. The minimum absolute atomic E-state index is 0.00938. The van der Waals surface area contributed by atoms with Crippen LogP contribution in [0.2, 0.25) is 0 Å². The molecule has 3 rings (SSSR count). The third-order valence-corrected chi connectivity index (χ3v) is 7.87. The summed E-state index contributed by atoms with van der Waals surface area (Å²) in [6.07, 6.45) is -0.0863. The van der Waals surface area contributed by atoms with Gasteiger partial charge in [-0.1, -0.05) is 57.2 Å². The smallest absolute Gasteiger partial charge is 0.408 e. The van der Waals surface area contributed by atoms with E-state index in [0.29, 0.717) is 0 Å². The Kier molecular flexibility index (Phi) is 11.0. The van der Waals surface area contributed by atoms with Gasteiger partial charge in [-0.25, -0.2) is 13.6 Å². The van der Waals surface area contributed by atoms with E-state index in [2.05, 4.69) is 16.0 Å². The number of hydrogen-bond acceptors (Lipinski definition) is 6. The van der Waals surface area contributed by atoms with Crippen LogP contribution in [-0.2, 0) is 23.9 Å². The van der Waals surface area contributed by atoms with Crippen LogP contribution in [0, 0.1) is 17.8 Å². The molecule has 1 saturated carbocycles. The van der Waals surface area contributed by atoms with Gasteiger partial charge in [-0.2, -0.15) is 0 Å². The van der Waals surface area contributed by atoms with Gasteiger partial charge in [0.25, 0.3) is 17.6 Å². The van der Waals surface area contributed by atoms with Gasteiger partial charge in [0.15, 0.2) is 0 Å². The van der Waals surface area contributed by atoms with E-state index in [0.717, 1.165) is 10.5 Å². The molecule has 1 heterocycles. The summed E-state index contributed by atoms with van der Waals surface area (Å²) in [7, 11) is 0. The van der Waals surface area contributed by atoms with Gasteiger partial charge in [0.05, 0.1) is 17.8 Å². The summed E-state index contributed by atoms with van der Waals surface area (Å²) in [6, 6.07) is 6.01. The molecule has 1 aliphatic carbocycles. The van der Waals surface area contributed by atoms with Gasteiger partial charge in [0.1, 0.15) is 12.1 Å². The lowest BCUT2D eigenvalue weighted by atomic mass is 9.92. The first-order chi connectivity index (χ1) is 20.2. The number of carbonyl (C=O) groups is 5. The van der Waals surface area contributed by atoms with E-state index < -0.39 is 90.5 Å². The van der Waals surface area contributed by atoms with E-state index in [1.165, 1.54) is 6.08 Å². The highest BCUT2D eigenvalue weighted by atomic mass is 19.3. The second kappa shape index (κ2) is 14.1. The summed E-state index contributed by atoms with van der Waals surface area (Å²) in [4.78, 5) is 66.9. The molecule has 0 spiro atoms. The number of nitrogens with one attached hydrogen (secondary N) is 3. The lowest BCUT2D eigenvalue weighted by molar-refractivity contribution is -0.142. The van der Waals surface area contributed by atoms with E-state index in [1.54, 1.807) is 65.8 Å². The predicted molar refractivity (Wildman–Crippen MR) is 155 cm³/mol. The van der Waals surface area contributed by atoms with Gasteiger partial charge < -0.3 is 25.6 Å². The Bertz CT molecular complexity index is 1240. The highest BCUT2D eigenvalue weighted by molar-refractivity contribution is 6.43. The van der Waals surface area contributed by atoms with Gasteiger partial charge in [-0.05, 0) is 51.0 Å². The van der Waals surface area contributed by atoms with Crippen LogP contribution in [0.4, 0.5) is 13.6 Å². The highest BCUT2D eigenvalue weighted by Crippen LogP contribution is 2.51. The second-order valence-electron chi connectivity index (χ2n) is 11.8. The summed E-state index contributed by atoms with van der Waals surface area (Å²) < 4.78 is 34.9. The van der Waals surface area contributed by atoms with Crippen LogP contribution in [0.15, 0.2) is 42.1 Å². The fraction of sp³-hybridized carbons (Fsp3) is 0.581. The summed E-state index contributed by atoms with van der Waals surface area (Å²) in [6.45, 7) is 9.65. The summed E-state index contributed by atoms with van der Waals surface area (Å²) in [5.74, 6) is -9.20. The van der Waals surface area contributed by atoms with Gasteiger partial charge in [0.2, 0.25) is 11.8 Å². The Morgan fingerprint density at radius 2 is 1.70 bits per heavy atom. The number of hydrogen-bond donors (Lipinski definition) is 3. The number of alkyl carbamates (subject to hydrolysis) is 1. The number of alkyl halides is 2. The molecule has 236 valence electrons. The molecule has 1 aromatic carbocycles. The van der Waals surface area contributed by atoms with Crippen LogP contribution in [0.3, 0.4) is 0 Å². The number of Topliss-reactive ketones (excluding diaryl/α,β-unsaturated/α-hetero) is 1. The van der Waals surface area contributed by atoms with Crippen LogP contribution in [-0.4, -0.2) is 65.2 Å². The van der Waals surface area contributed by atoms with Crippen LogP contribution >= 0.6 is 0 Å². The maximum absolute atomic E-state index is 14.9. The molecule has 0 unspecified atom stereocenters. The maximum atomic E-state index is 14.9. The Balaban J connectivity index is 1.84. The van der Waals surface area contributed by atoms with Crippen molar-refractivity contribution < 1.29 is 37.5 Å². The van der Waals surface area contributed by atoms with Crippen molar-refractivity contribution >= 4 is 29.6 Å². The standard InChI is InChI=1S/C31H42F2N4O6/c1-7-11-23(26(38)28(40)34-19(6)20-12-9-8-10-13-20)35-27(39)25-21-14-15-31(32,33)22(21)16-37(25)29(41)24(17(2)3)36-30(42)43-18(4)5/h8-13,17-19,21-22,24-25H,7,14-16H2,1-6H3,(H,34,40)(H,35,39)(H,36,42)/b23-11-/t19-,21+,22+,24+,25+/m1/s1. The van der Waals surface area contributed by atoms with Crippen LogP contribution in [0.1, 0.15) is 72.4 Å². The molecule has 1 saturated heterocycles. The lowest BCUT2D eigenvalue weighted by Crippen LogP contribution is -2.56. The molecular formula is C31H42F2N4O6. The third-order valence-electron chi connectivity index (χ3n) is 7.87. The normalized spacial score (nSPS) is 22.5. The van der Waals surface area contributed by atoms with Crippen molar-refractivity contribution in [3.05, 3.63) is 47.7 Å². The first-order valence-corrected chi connectivity index (χ1v) is 14.7. The Hall–Kier alpha value is -3.83. The van der Waals surface area contributed by atoms with Crippen molar-refractivity contribution in [3.8, 4) is 0 Å². The molecule has 10 nitrogen and oxygen atoms in total. The van der Waals surface area contributed by atoms with Crippen molar-refractivity contribution in [2.24, 2.45) is 17.8 Å². The number of rotatable bonds is 11. The number of carbonyl (C=O) groups excluding carboxylic acids is 5. The average molecular weight is 605 g/mol. The molecule has 12 heteroatoms. The Morgan fingerprint density at radius 3 is 2.28 bits per heavy atom. The van der Waals surface area contributed by atoms with E-state index >= 15 is 0 Å². The average Bonchev–Trinajstić information content (AvgIpc) is 3.47. The first-order valence-electron chi connectivity index (χ1n) is 14.7. The van der Waals surface area contributed by atoms with E-state index in [4.69, 9.17) is 4.74 Å². The number of likely N-dealkylation sites (tertiary alicyclic amines) is 1. The SMILES string of the molecule is CC/C=C(\NC(=O)[C@@H]1[C@H]2CCC(F)(F)[C@H]2CN1C(=O)[C@@H](NC(=O)OC(C)C)C(C)C)C(=O)C(=O)N[C@H](C)c1ccccc1. The number of benzene rings is 1. The largest absolute Gasteiger partial charge is 0.447 e. The van der Waals surface area contributed by atoms with Crippen LogP contribution in [0.25, 0.3) is 0 Å². The Morgan fingerprint density at radius 1 is 1.05 bits per heavy atom. The van der Waals surface area contributed by atoms with Gasteiger partial charge in [-0.15, -0.1) is 0 Å². The number of halogens is 2. The molecule has 43 heavy (non-hydrogen) atoms. The fourth-order valence-corrected chi connectivity index (χ4v) is 5.71. The number of nitrogens with zero attached hydrogens (tertiary/aromatic N) is 1. The zero-order valence-electron chi connectivity index (χ0n) is 25.5. The number of ketones is 1. The number of fused-ring (bicyclic) bond motifs is 1. The predicted octanol–water partition coefficient (Wildman–Crippen LogP) is 3.87. The lowest BCUT2D eigenvalue weighted by Gasteiger charge is -2.32. The molecule has 4 amide bonds. The number of allylic oxidation sites excluding steroid dienone is 1. The monoisotopic (exact) mass is 604 g/mol. The molecule has 1 aliphatic heterocycles. The first kappa shape index (κ1) is 33.7. The third kappa shape index (κ3) is 7.97. The molecule has 0 aromatic heterocycles. The van der Waals surface area contributed by atoms with Crippen LogP contribution < -0.4 is 16.0 Å². The van der Waals surface area contributed by atoms with E-state index in [1.807, 2.05) is 6.07 Å². The molecule has 2 aliphatic rings. The molecule has 0 radical (unpaired) electrons. The van der Waals surface area contributed by atoms with Gasteiger partial charge in [0, 0.05) is 18.9 Å². The summed E-state index contributed by atoms with van der Waals surface area (Å²) in [5.41, 5.74) is 0.470. The minimum Gasteiger partial charge on any atom is -0.447 e. The van der Waals surface area contributed by atoms with Gasteiger partial charge >= 0.3 is 6.09 Å². The van der Waals surface area contributed by atoms with Crippen molar-refractivity contribution in [3.63, 3.8) is 0 Å².